The van der Waals surface area contributed by atoms with Gasteiger partial charge in [-0.05, 0) is 25.1 Å². The number of rotatable bonds is 4. The minimum absolute atomic E-state index is 0.0746. The number of para-hydroxylation sites is 1. The van der Waals surface area contributed by atoms with Gasteiger partial charge in [0.1, 0.15) is 5.71 Å². The van der Waals surface area contributed by atoms with Crippen molar-refractivity contribution in [3.63, 3.8) is 0 Å². The lowest BCUT2D eigenvalue weighted by molar-refractivity contribution is -0.385. The molecule has 1 heterocycles. The van der Waals surface area contributed by atoms with E-state index >= 15 is 0 Å². The Morgan fingerprint density at radius 2 is 1.92 bits per heavy atom. The van der Waals surface area contributed by atoms with Crippen molar-refractivity contribution < 1.29 is 14.5 Å². The van der Waals surface area contributed by atoms with Crippen LogP contribution in [0.25, 0.3) is 0 Å². The van der Waals surface area contributed by atoms with E-state index in [0.717, 1.165) is 0 Å². The number of aryl methyl sites for hydroxylation is 1. The maximum absolute atomic E-state index is 12.5. The molecule has 2 aromatic carbocycles. The molecule has 1 aliphatic rings. The highest BCUT2D eigenvalue weighted by Gasteiger charge is 2.25. The summed E-state index contributed by atoms with van der Waals surface area (Å²) >= 11 is 0. The maximum atomic E-state index is 12.5. The van der Waals surface area contributed by atoms with E-state index < -0.39 is 10.8 Å². The number of carbonyl (C=O) groups excluding carboxylic acids is 2. The van der Waals surface area contributed by atoms with Crippen LogP contribution < -0.4 is 10.3 Å². The highest BCUT2D eigenvalue weighted by Crippen LogP contribution is 2.23. The van der Waals surface area contributed by atoms with Gasteiger partial charge in [-0.15, -0.1) is 0 Å². The first-order chi connectivity index (χ1) is 12.5. The molecule has 8 nitrogen and oxygen atoms in total. The average molecular weight is 352 g/mol. The largest absolute Gasteiger partial charge is 0.321 e. The number of hydrogen-bond acceptors (Lipinski definition) is 5. The summed E-state index contributed by atoms with van der Waals surface area (Å²) in [7, 11) is 0. The Labute approximate surface area is 149 Å². The number of nitro groups is 1. The topological polar surface area (TPSA) is 105 Å². The summed E-state index contributed by atoms with van der Waals surface area (Å²) in [5.41, 5.74) is 1.50. The van der Waals surface area contributed by atoms with Crippen LogP contribution in [-0.4, -0.2) is 22.4 Å². The zero-order valence-corrected chi connectivity index (χ0v) is 14.0. The lowest BCUT2D eigenvalue weighted by Gasteiger charge is -2.23. The van der Waals surface area contributed by atoms with E-state index in [4.69, 9.17) is 0 Å². The molecule has 0 unspecified atom stereocenters. The number of amides is 2. The molecule has 2 aromatic rings. The first kappa shape index (κ1) is 17.3. The van der Waals surface area contributed by atoms with Crippen LogP contribution in [0.3, 0.4) is 0 Å². The molecular weight excluding hydrogens is 336 g/mol. The van der Waals surface area contributed by atoms with E-state index in [2.05, 4.69) is 10.4 Å². The second kappa shape index (κ2) is 7.14. The normalized spacial score (nSPS) is 14.0. The summed E-state index contributed by atoms with van der Waals surface area (Å²) in [5.74, 6) is -0.685. The van der Waals surface area contributed by atoms with Gasteiger partial charge in [-0.2, -0.15) is 5.10 Å². The molecule has 1 N–H and O–H groups in total. The Morgan fingerprint density at radius 3 is 2.62 bits per heavy atom. The van der Waals surface area contributed by atoms with Gasteiger partial charge < -0.3 is 5.32 Å². The van der Waals surface area contributed by atoms with Crippen LogP contribution in [-0.2, 0) is 9.59 Å². The monoisotopic (exact) mass is 352 g/mol. The van der Waals surface area contributed by atoms with Crippen LogP contribution >= 0.6 is 0 Å². The van der Waals surface area contributed by atoms with Crippen molar-refractivity contribution in [3.05, 3.63) is 64.2 Å². The fourth-order valence-corrected chi connectivity index (χ4v) is 2.57. The van der Waals surface area contributed by atoms with E-state index in [0.29, 0.717) is 16.9 Å². The number of hydrazone groups is 1. The Bertz CT molecular complexity index is 909. The van der Waals surface area contributed by atoms with Crippen LogP contribution in [0, 0.1) is 17.0 Å². The number of nitrogens with one attached hydrogen (secondary N) is 1. The number of benzene rings is 2. The molecule has 1 aliphatic heterocycles. The number of carbonyl (C=O) groups is 2. The molecule has 0 spiro atoms. The third kappa shape index (κ3) is 3.59. The quantitative estimate of drug-likeness (QED) is 0.674. The maximum Gasteiger partial charge on any atom is 0.274 e. The summed E-state index contributed by atoms with van der Waals surface area (Å²) in [6.07, 6.45) is 0.372. The van der Waals surface area contributed by atoms with Crippen LogP contribution in [0.15, 0.2) is 53.6 Å². The van der Waals surface area contributed by atoms with Gasteiger partial charge in [0, 0.05) is 30.2 Å². The third-order valence-electron chi connectivity index (χ3n) is 3.96. The number of nitro benzene ring substituents is 1. The van der Waals surface area contributed by atoms with Crippen molar-refractivity contribution in [1.82, 2.24) is 0 Å². The standard InChI is InChI=1S/C18H16N4O4/c1-12-7-8-13(11-16(12)22(25)26)19-18(24)15-9-10-17(23)21(20-15)14-5-3-2-4-6-14/h2-8,11H,9-10H2,1H3,(H,19,24). The first-order valence-corrected chi connectivity index (χ1v) is 7.97. The Kier molecular flexibility index (Phi) is 4.74. The highest BCUT2D eigenvalue weighted by molar-refractivity contribution is 6.44. The first-order valence-electron chi connectivity index (χ1n) is 7.97. The van der Waals surface area contributed by atoms with Crippen LogP contribution in [0.1, 0.15) is 18.4 Å². The summed E-state index contributed by atoms with van der Waals surface area (Å²) in [4.78, 5) is 35.1. The van der Waals surface area contributed by atoms with Crippen molar-refractivity contribution in [2.24, 2.45) is 5.10 Å². The molecule has 0 fully saturated rings. The summed E-state index contributed by atoms with van der Waals surface area (Å²) < 4.78 is 0. The summed E-state index contributed by atoms with van der Waals surface area (Å²) in [6.45, 7) is 1.62. The van der Waals surface area contributed by atoms with Gasteiger partial charge in [0.05, 0.1) is 10.6 Å². The number of anilines is 2. The van der Waals surface area contributed by atoms with Crippen molar-refractivity contribution >= 4 is 34.6 Å². The zero-order valence-electron chi connectivity index (χ0n) is 14.0. The summed E-state index contributed by atoms with van der Waals surface area (Å²) in [5, 5.41) is 19.0. The fraction of sp³-hybridized carbons (Fsp3) is 0.167. The Hall–Kier alpha value is -3.55. The van der Waals surface area contributed by atoms with Gasteiger partial charge in [-0.1, -0.05) is 24.3 Å². The minimum atomic E-state index is -0.501. The molecule has 0 saturated heterocycles. The van der Waals surface area contributed by atoms with E-state index in [-0.39, 0.29) is 30.1 Å². The number of nitrogens with zero attached hydrogens (tertiary/aromatic N) is 3. The Balaban J connectivity index is 1.82. The smallest absolute Gasteiger partial charge is 0.274 e. The molecule has 3 rings (SSSR count). The van der Waals surface area contributed by atoms with Crippen LogP contribution in [0.5, 0.6) is 0 Å². The highest BCUT2D eigenvalue weighted by atomic mass is 16.6. The molecule has 0 bridgehead atoms. The second-order valence-corrected chi connectivity index (χ2v) is 5.80. The van der Waals surface area contributed by atoms with Crippen molar-refractivity contribution in [1.29, 1.82) is 0 Å². The van der Waals surface area contributed by atoms with E-state index in [1.165, 1.54) is 11.1 Å². The predicted octanol–water partition coefficient (Wildman–Crippen LogP) is 3.02. The van der Waals surface area contributed by atoms with Crippen molar-refractivity contribution in [3.8, 4) is 0 Å². The average Bonchev–Trinajstić information content (AvgIpc) is 2.64. The lowest BCUT2D eigenvalue weighted by Crippen LogP contribution is -2.36. The molecule has 8 heteroatoms. The zero-order chi connectivity index (χ0) is 18.7. The minimum Gasteiger partial charge on any atom is -0.321 e. The van der Waals surface area contributed by atoms with Crippen LogP contribution in [0.4, 0.5) is 17.1 Å². The van der Waals surface area contributed by atoms with Crippen LogP contribution in [0.2, 0.25) is 0 Å². The van der Waals surface area contributed by atoms with Gasteiger partial charge in [0.15, 0.2) is 0 Å². The second-order valence-electron chi connectivity index (χ2n) is 5.80. The van der Waals surface area contributed by atoms with Gasteiger partial charge in [0.25, 0.3) is 11.6 Å². The van der Waals surface area contributed by atoms with E-state index in [9.17, 15) is 19.7 Å². The molecule has 132 valence electrons. The molecule has 0 radical (unpaired) electrons. The van der Waals surface area contributed by atoms with E-state index in [1.807, 2.05) is 6.07 Å². The van der Waals surface area contributed by atoms with Crippen molar-refractivity contribution in [2.75, 3.05) is 10.3 Å². The summed E-state index contributed by atoms with van der Waals surface area (Å²) in [6, 6.07) is 13.3. The molecular formula is C18H16N4O4. The van der Waals surface area contributed by atoms with Gasteiger partial charge >= 0.3 is 0 Å². The molecule has 0 saturated carbocycles. The van der Waals surface area contributed by atoms with E-state index in [1.54, 1.807) is 43.3 Å². The molecule has 0 atom stereocenters. The van der Waals surface area contributed by atoms with Gasteiger partial charge in [-0.3, -0.25) is 19.7 Å². The SMILES string of the molecule is Cc1ccc(NC(=O)C2=NN(c3ccccc3)C(=O)CC2)cc1[N+](=O)[O-]. The lowest BCUT2D eigenvalue weighted by atomic mass is 10.1. The predicted molar refractivity (Wildman–Crippen MR) is 97.1 cm³/mol. The van der Waals surface area contributed by atoms with Gasteiger partial charge in [0.2, 0.25) is 5.91 Å². The fourth-order valence-electron chi connectivity index (χ4n) is 2.57. The van der Waals surface area contributed by atoms with Gasteiger partial charge in [-0.25, -0.2) is 5.01 Å². The molecule has 2 amide bonds. The molecule has 0 aromatic heterocycles. The number of hydrogen-bond donors (Lipinski definition) is 1. The molecule has 0 aliphatic carbocycles. The third-order valence-corrected chi connectivity index (χ3v) is 3.96. The van der Waals surface area contributed by atoms with Crippen molar-refractivity contribution in [2.45, 2.75) is 19.8 Å². The Morgan fingerprint density at radius 1 is 1.19 bits per heavy atom. The molecule has 26 heavy (non-hydrogen) atoms.